The number of benzene rings is 1. The van der Waals surface area contributed by atoms with Crippen LogP contribution in [-0.4, -0.2) is 42.3 Å². The highest BCUT2D eigenvalue weighted by atomic mass is 32.2. The van der Waals surface area contributed by atoms with E-state index in [-0.39, 0.29) is 12.0 Å². The maximum atomic E-state index is 12.4. The summed E-state index contributed by atoms with van der Waals surface area (Å²) in [6, 6.07) is 7.88. The minimum Gasteiger partial charge on any atom is -0.479 e. The summed E-state index contributed by atoms with van der Waals surface area (Å²) in [5, 5.41) is 0. The van der Waals surface area contributed by atoms with Gasteiger partial charge >= 0.3 is 0 Å². The standard InChI is InChI=1S/C14H18N2O2S/c15-7-10-5-6-16(8-10)14(17)12-9-19-13-4-2-1-3-11(13)18-12/h1-4,10,12H,5-9,15H2/t10-,12+/m0/s1. The van der Waals surface area contributed by atoms with Crippen molar-refractivity contribution in [2.75, 3.05) is 25.4 Å². The Balaban J connectivity index is 1.66. The van der Waals surface area contributed by atoms with Crippen LogP contribution in [0.1, 0.15) is 6.42 Å². The van der Waals surface area contributed by atoms with E-state index >= 15 is 0 Å². The number of carbonyl (C=O) groups excluding carboxylic acids is 1. The van der Waals surface area contributed by atoms with Crippen molar-refractivity contribution in [3.05, 3.63) is 24.3 Å². The second-order valence-electron chi connectivity index (χ2n) is 5.04. The predicted octanol–water partition coefficient (Wildman–Crippen LogP) is 1.35. The smallest absolute Gasteiger partial charge is 0.264 e. The molecule has 0 aromatic heterocycles. The molecule has 2 aliphatic heterocycles. The molecule has 1 saturated heterocycles. The molecule has 0 radical (unpaired) electrons. The average Bonchev–Trinajstić information content (AvgIpc) is 2.95. The second-order valence-corrected chi connectivity index (χ2v) is 6.10. The van der Waals surface area contributed by atoms with Gasteiger partial charge in [0.25, 0.3) is 5.91 Å². The molecule has 102 valence electrons. The van der Waals surface area contributed by atoms with Crippen LogP contribution in [-0.2, 0) is 4.79 Å². The van der Waals surface area contributed by atoms with Crippen molar-refractivity contribution in [2.24, 2.45) is 11.7 Å². The van der Waals surface area contributed by atoms with Crippen molar-refractivity contribution in [3.63, 3.8) is 0 Å². The van der Waals surface area contributed by atoms with Crippen LogP contribution in [0, 0.1) is 5.92 Å². The van der Waals surface area contributed by atoms with Gasteiger partial charge in [-0.25, -0.2) is 0 Å². The van der Waals surface area contributed by atoms with Crippen LogP contribution in [0.2, 0.25) is 0 Å². The Morgan fingerprint density at radius 3 is 3.11 bits per heavy atom. The number of amides is 1. The van der Waals surface area contributed by atoms with Gasteiger partial charge in [-0.05, 0) is 31.0 Å². The number of likely N-dealkylation sites (tertiary alicyclic amines) is 1. The number of carbonyl (C=O) groups is 1. The summed E-state index contributed by atoms with van der Waals surface area (Å²) in [5.74, 6) is 2.08. The van der Waals surface area contributed by atoms with Gasteiger partial charge in [-0.15, -0.1) is 11.8 Å². The van der Waals surface area contributed by atoms with E-state index in [9.17, 15) is 4.79 Å². The number of ether oxygens (including phenoxy) is 1. The third-order valence-electron chi connectivity index (χ3n) is 3.71. The Hall–Kier alpha value is -1.20. The molecule has 5 heteroatoms. The van der Waals surface area contributed by atoms with Crippen LogP contribution in [0.3, 0.4) is 0 Å². The van der Waals surface area contributed by atoms with E-state index in [0.717, 1.165) is 30.2 Å². The van der Waals surface area contributed by atoms with Crippen LogP contribution < -0.4 is 10.5 Å². The molecule has 0 unspecified atom stereocenters. The maximum Gasteiger partial charge on any atom is 0.264 e. The van der Waals surface area contributed by atoms with Gasteiger partial charge in [0.2, 0.25) is 0 Å². The van der Waals surface area contributed by atoms with Crippen LogP contribution in [0.5, 0.6) is 5.75 Å². The van der Waals surface area contributed by atoms with Gasteiger partial charge in [-0.1, -0.05) is 12.1 Å². The van der Waals surface area contributed by atoms with Gasteiger partial charge in [0.15, 0.2) is 6.10 Å². The van der Waals surface area contributed by atoms with Gasteiger partial charge in [0, 0.05) is 23.7 Å². The first-order chi connectivity index (χ1) is 9.28. The first kappa shape index (κ1) is 12.8. The van der Waals surface area contributed by atoms with Crippen LogP contribution in [0.25, 0.3) is 0 Å². The topological polar surface area (TPSA) is 55.6 Å². The monoisotopic (exact) mass is 278 g/mol. The fraction of sp³-hybridized carbons (Fsp3) is 0.500. The van der Waals surface area contributed by atoms with Crippen LogP contribution in [0.4, 0.5) is 0 Å². The molecule has 19 heavy (non-hydrogen) atoms. The fourth-order valence-electron chi connectivity index (χ4n) is 2.57. The molecule has 0 aliphatic carbocycles. The lowest BCUT2D eigenvalue weighted by atomic mass is 10.1. The summed E-state index contributed by atoms with van der Waals surface area (Å²) in [6.45, 7) is 2.25. The van der Waals surface area contributed by atoms with E-state index in [1.165, 1.54) is 0 Å². The molecule has 3 rings (SSSR count). The predicted molar refractivity (Wildman–Crippen MR) is 75.3 cm³/mol. The Labute approximate surface area is 117 Å². The van der Waals surface area contributed by atoms with Gasteiger partial charge < -0.3 is 15.4 Å². The third kappa shape index (κ3) is 2.58. The molecule has 2 aliphatic rings. The highest BCUT2D eigenvalue weighted by molar-refractivity contribution is 7.99. The minimum atomic E-state index is -0.351. The number of hydrogen-bond acceptors (Lipinski definition) is 4. The summed E-state index contributed by atoms with van der Waals surface area (Å²) in [6.07, 6.45) is 0.662. The lowest BCUT2D eigenvalue weighted by molar-refractivity contribution is -0.136. The molecule has 4 nitrogen and oxygen atoms in total. The number of para-hydroxylation sites is 1. The van der Waals surface area contributed by atoms with Crippen molar-refractivity contribution in [1.29, 1.82) is 0 Å². The Kier molecular flexibility index (Phi) is 3.66. The minimum absolute atomic E-state index is 0.109. The fourth-order valence-corrected chi connectivity index (χ4v) is 3.54. The van der Waals surface area contributed by atoms with Crippen molar-refractivity contribution >= 4 is 17.7 Å². The molecule has 2 N–H and O–H groups in total. The van der Waals surface area contributed by atoms with Crippen molar-refractivity contribution in [3.8, 4) is 5.75 Å². The lowest BCUT2D eigenvalue weighted by Gasteiger charge is -2.28. The number of rotatable bonds is 2. The van der Waals surface area contributed by atoms with E-state index < -0.39 is 0 Å². The Bertz CT molecular complexity index is 480. The van der Waals surface area contributed by atoms with Crippen molar-refractivity contribution < 1.29 is 9.53 Å². The van der Waals surface area contributed by atoms with Crippen molar-refractivity contribution in [1.82, 2.24) is 4.90 Å². The summed E-state index contributed by atoms with van der Waals surface area (Å²) in [7, 11) is 0. The van der Waals surface area contributed by atoms with E-state index in [2.05, 4.69) is 0 Å². The molecular formula is C14H18N2O2S. The highest BCUT2D eigenvalue weighted by Gasteiger charge is 2.33. The third-order valence-corrected chi connectivity index (χ3v) is 4.83. The van der Waals surface area contributed by atoms with E-state index in [1.807, 2.05) is 29.2 Å². The zero-order valence-corrected chi connectivity index (χ0v) is 11.6. The molecule has 1 aromatic carbocycles. The molecule has 2 atom stereocenters. The number of fused-ring (bicyclic) bond motifs is 1. The molecule has 1 fully saturated rings. The molecule has 0 spiro atoms. The lowest BCUT2D eigenvalue weighted by Crippen LogP contribution is -2.43. The molecule has 1 aromatic rings. The molecule has 1 amide bonds. The van der Waals surface area contributed by atoms with Crippen molar-refractivity contribution in [2.45, 2.75) is 17.4 Å². The summed E-state index contributed by atoms with van der Waals surface area (Å²) in [5.41, 5.74) is 5.66. The van der Waals surface area contributed by atoms with E-state index in [4.69, 9.17) is 10.5 Å². The number of nitrogens with two attached hydrogens (primary N) is 1. The van der Waals surface area contributed by atoms with Gasteiger partial charge in [-0.2, -0.15) is 0 Å². The maximum absolute atomic E-state index is 12.4. The first-order valence-corrected chi connectivity index (χ1v) is 7.64. The zero-order valence-electron chi connectivity index (χ0n) is 10.7. The Morgan fingerprint density at radius 1 is 1.47 bits per heavy atom. The van der Waals surface area contributed by atoms with E-state index in [0.29, 0.717) is 18.2 Å². The molecule has 2 heterocycles. The summed E-state index contributed by atoms with van der Waals surface area (Å²) in [4.78, 5) is 15.4. The van der Waals surface area contributed by atoms with E-state index in [1.54, 1.807) is 11.8 Å². The first-order valence-electron chi connectivity index (χ1n) is 6.65. The number of hydrogen-bond donors (Lipinski definition) is 1. The second kappa shape index (κ2) is 5.43. The largest absolute Gasteiger partial charge is 0.479 e. The molecule has 0 saturated carbocycles. The average molecular weight is 278 g/mol. The zero-order chi connectivity index (χ0) is 13.2. The Morgan fingerprint density at radius 2 is 2.32 bits per heavy atom. The van der Waals surface area contributed by atoms with Crippen LogP contribution in [0.15, 0.2) is 29.2 Å². The normalized spacial score (nSPS) is 25.8. The summed E-state index contributed by atoms with van der Waals surface area (Å²) < 4.78 is 5.83. The highest BCUT2D eigenvalue weighted by Crippen LogP contribution is 2.35. The van der Waals surface area contributed by atoms with Gasteiger partial charge in [-0.3, -0.25) is 4.79 Å². The van der Waals surface area contributed by atoms with Crippen LogP contribution >= 0.6 is 11.8 Å². The molecular weight excluding hydrogens is 260 g/mol. The van der Waals surface area contributed by atoms with Gasteiger partial charge in [0.1, 0.15) is 5.75 Å². The van der Waals surface area contributed by atoms with Gasteiger partial charge in [0.05, 0.1) is 0 Å². The quantitative estimate of drug-likeness (QED) is 0.887. The summed E-state index contributed by atoms with van der Waals surface area (Å²) >= 11 is 1.69. The number of thioether (sulfide) groups is 1. The molecule has 0 bridgehead atoms. The SMILES string of the molecule is NC[C@@H]1CCN(C(=O)[C@H]2CSc3ccccc3O2)C1. The number of nitrogens with zero attached hydrogens (tertiary/aromatic N) is 1.